The van der Waals surface area contributed by atoms with Gasteiger partial charge in [-0.05, 0) is 26.5 Å². The predicted molar refractivity (Wildman–Crippen MR) is 95.7 cm³/mol. The van der Waals surface area contributed by atoms with E-state index in [1.54, 1.807) is 0 Å². The highest BCUT2D eigenvalue weighted by atomic mass is 32.2. The maximum absolute atomic E-state index is 4.76. The van der Waals surface area contributed by atoms with Crippen molar-refractivity contribution >= 4 is 23.4 Å². The molecule has 0 fully saturated rings. The zero-order valence-corrected chi connectivity index (χ0v) is 15.3. The number of nitrogens with zero attached hydrogens (tertiary/aromatic N) is 2. The summed E-state index contributed by atoms with van der Waals surface area (Å²) in [5.74, 6) is 3.85. The van der Waals surface area contributed by atoms with Crippen molar-refractivity contribution in [2.24, 2.45) is 0 Å². The van der Waals surface area contributed by atoms with Crippen molar-refractivity contribution in [2.45, 2.75) is 59.4 Å². The molecular weight excluding hydrogens is 280 g/mol. The summed E-state index contributed by atoms with van der Waals surface area (Å²) in [6, 6.07) is 0.389. The smallest absolute Gasteiger partial charge is 0.138 e. The average Bonchev–Trinajstić information content (AvgIpc) is 2.38. The summed E-state index contributed by atoms with van der Waals surface area (Å²) in [6.45, 7) is 13.8. The van der Waals surface area contributed by atoms with Crippen LogP contribution in [0.25, 0.3) is 0 Å². The molecule has 120 valence electrons. The van der Waals surface area contributed by atoms with E-state index >= 15 is 0 Å². The Morgan fingerprint density at radius 3 is 2.33 bits per heavy atom. The standard InChI is InChI=1S/C16H30N4S/c1-8-9-17-13-12(3)14(18-11(2)10-21-7)20-15(19-13)16(4,5)6/h11H,8-10H2,1-7H3,(H2,17,18,19,20). The second-order valence-corrected chi connectivity index (χ2v) is 7.46. The van der Waals surface area contributed by atoms with Crippen molar-refractivity contribution in [1.82, 2.24) is 9.97 Å². The van der Waals surface area contributed by atoms with Crippen LogP contribution in [0.1, 0.15) is 52.4 Å². The molecule has 2 N–H and O–H groups in total. The van der Waals surface area contributed by atoms with Crippen LogP contribution in [0.15, 0.2) is 0 Å². The van der Waals surface area contributed by atoms with Gasteiger partial charge in [0.2, 0.25) is 0 Å². The number of hydrogen-bond donors (Lipinski definition) is 2. The summed E-state index contributed by atoms with van der Waals surface area (Å²) in [7, 11) is 0. The molecule has 0 spiro atoms. The minimum Gasteiger partial charge on any atom is -0.370 e. The zero-order chi connectivity index (χ0) is 16.0. The van der Waals surface area contributed by atoms with Crippen molar-refractivity contribution in [2.75, 3.05) is 29.2 Å². The van der Waals surface area contributed by atoms with Crippen molar-refractivity contribution in [1.29, 1.82) is 0 Å². The van der Waals surface area contributed by atoms with Crippen LogP contribution in [0.4, 0.5) is 11.6 Å². The number of hydrogen-bond acceptors (Lipinski definition) is 5. The van der Waals surface area contributed by atoms with Gasteiger partial charge in [-0.1, -0.05) is 27.7 Å². The van der Waals surface area contributed by atoms with E-state index in [2.05, 4.69) is 58.4 Å². The Morgan fingerprint density at radius 1 is 1.19 bits per heavy atom. The molecule has 0 aliphatic carbocycles. The first kappa shape index (κ1) is 18.1. The van der Waals surface area contributed by atoms with Crippen molar-refractivity contribution in [3.05, 3.63) is 11.4 Å². The average molecular weight is 311 g/mol. The molecule has 21 heavy (non-hydrogen) atoms. The minimum atomic E-state index is -0.0600. The van der Waals surface area contributed by atoms with Gasteiger partial charge >= 0.3 is 0 Å². The molecular formula is C16H30N4S. The molecule has 0 radical (unpaired) electrons. The molecule has 0 saturated heterocycles. The summed E-state index contributed by atoms with van der Waals surface area (Å²) in [5.41, 5.74) is 1.04. The lowest BCUT2D eigenvalue weighted by molar-refractivity contribution is 0.545. The molecule has 0 aliphatic heterocycles. The Kier molecular flexibility index (Phi) is 6.78. The van der Waals surface area contributed by atoms with Crippen LogP contribution in [0, 0.1) is 6.92 Å². The fourth-order valence-corrected chi connectivity index (χ4v) is 2.52. The Bertz CT molecular complexity index is 454. The highest BCUT2D eigenvalue weighted by molar-refractivity contribution is 7.98. The maximum Gasteiger partial charge on any atom is 0.138 e. The molecule has 1 atom stereocenters. The lowest BCUT2D eigenvalue weighted by Gasteiger charge is -2.23. The quantitative estimate of drug-likeness (QED) is 0.795. The van der Waals surface area contributed by atoms with Crippen LogP contribution in [0.5, 0.6) is 0 Å². The van der Waals surface area contributed by atoms with Crippen LogP contribution in [0.3, 0.4) is 0 Å². The van der Waals surface area contributed by atoms with Gasteiger partial charge in [0.15, 0.2) is 0 Å². The van der Waals surface area contributed by atoms with Gasteiger partial charge in [0.1, 0.15) is 17.5 Å². The van der Waals surface area contributed by atoms with Crippen LogP contribution in [-0.4, -0.2) is 34.6 Å². The topological polar surface area (TPSA) is 49.8 Å². The Labute approximate surface area is 133 Å². The lowest BCUT2D eigenvalue weighted by atomic mass is 9.95. The van der Waals surface area contributed by atoms with Gasteiger partial charge in [-0.2, -0.15) is 11.8 Å². The molecule has 1 aromatic heterocycles. The molecule has 1 unspecified atom stereocenters. The van der Waals surface area contributed by atoms with E-state index in [0.29, 0.717) is 6.04 Å². The van der Waals surface area contributed by atoms with Gasteiger partial charge in [-0.25, -0.2) is 9.97 Å². The van der Waals surface area contributed by atoms with Gasteiger partial charge in [0, 0.05) is 29.3 Å². The van der Waals surface area contributed by atoms with Crippen LogP contribution in [0.2, 0.25) is 0 Å². The van der Waals surface area contributed by atoms with Gasteiger partial charge < -0.3 is 10.6 Å². The first-order chi connectivity index (χ1) is 9.79. The summed E-state index contributed by atoms with van der Waals surface area (Å²) in [4.78, 5) is 9.49. The summed E-state index contributed by atoms with van der Waals surface area (Å²) < 4.78 is 0. The second kappa shape index (κ2) is 7.87. The zero-order valence-electron chi connectivity index (χ0n) is 14.5. The van der Waals surface area contributed by atoms with Crippen molar-refractivity contribution in [3.8, 4) is 0 Å². The van der Waals surface area contributed by atoms with E-state index in [1.807, 2.05) is 11.8 Å². The van der Waals surface area contributed by atoms with E-state index in [-0.39, 0.29) is 5.41 Å². The first-order valence-electron chi connectivity index (χ1n) is 7.68. The number of anilines is 2. The third kappa shape index (κ3) is 5.38. The number of nitrogens with one attached hydrogen (secondary N) is 2. The molecule has 0 bridgehead atoms. The summed E-state index contributed by atoms with van der Waals surface area (Å²) in [6.07, 6.45) is 3.21. The highest BCUT2D eigenvalue weighted by Crippen LogP contribution is 2.26. The minimum absolute atomic E-state index is 0.0600. The van der Waals surface area contributed by atoms with Crippen molar-refractivity contribution in [3.63, 3.8) is 0 Å². The molecule has 5 heteroatoms. The van der Waals surface area contributed by atoms with Crippen LogP contribution in [-0.2, 0) is 5.41 Å². The van der Waals surface area contributed by atoms with Gasteiger partial charge in [0.05, 0.1) is 0 Å². The molecule has 1 rings (SSSR count). The normalized spacial score (nSPS) is 13.1. The third-order valence-electron chi connectivity index (χ3n) is 3.16. The van der Waals surface area contributed by atoms with E-state index in [4.69, 9.17) is 9.97 Å². The second-order valence-electron chi connectivity index (χ2n) is 6.55. The van der Waals surface area contributed by atoms with E-state index in [0.717, 1.165) is 41.7 Å². The molecule has 1 heterocycles. The highest BCUT2D eigenvalue weighted by Gasteiger charge is 2.21. The number of rotatable bonds is 7. The fraction of sp³-hybridized carbons (Fsp3) is 0.750. The maximum atomic E-state index is 4.76. The van der Waals surface area contributed by atoms with E-state index in [1.165, 1.54) is 0 Å². The molecule has 4 nitrogen and oxygen atoms in total. The summed E-state index contributed by atoms with van der Waals surface area (Å²) in [5, 5.41) is 6.95. The predicted octanol–water partition coefficient (Wildman–Crippen LogP) is 4.07. The molecule has 1 aromatic rings. The summed E-state index contributed by atoms with van der Waals surface area (Å²) >= 11 is 1.84. The SMILES string of the molecule is CCCNc1nc(C(C)(C)C)nc(NC(C)CSC)c1C. The monoisotopic (exact) mass is 310 g/mol. The first-order valence-corrected chi connectivity index (χ1v) is 9.07. The van der Waals surface area contributed by atoms with Gasteiger partial charge in [-0.3, -0.25) is 0 Å². The molecule has 0 amide bonds. The van der Waals surface area contributed by atoms with Crippen LogP contribution < -0.4 is 10.6 Å². The Hall–Kier alpha value is -0.970. The molecule has 0 aromatic carbocycles. The van der Waals surface area contributed by atoms with Crippen molar-refractivity contribution < 1.29 is 0 Å². The van der Waals surface area contributed by atoms with E-state index in [9.17, 15) is 0 Å². The Balaban J connectivity index is 3.14. The number of thioether (sulfide) groups is 1. The van der Waals surface area contributed by atoms with Gasteiger partial charge in [-0.15, -0.1) is 0 Å². The number of aromatic nitrogens is 2. The van der Waals surface area contributed by atoms with Gasteiger partial charge in [0.25, 0.3) is 0 Å². The lowest BCUT2D eigenvalue weighted by Crippen LogP contribution is -2.24. The van der Waals surface area contributed by atoms with E-state index < -0.39 is 0 Å². The van der Waals surface area contributed by atoms with Crippen LogP contribution >= 0.6 is 11.8 Å². The third-order valence-corrected chi connectivity index (χ3v) is 3.99. The fourth-order valence-electron chi connectivity index (χ4n) is 1.93. The molecule has 0 aliphatic rings. The Morgan fingerprint density at radius 2 is 1.81 bits per heavy atom. The molecule has 0 saturated carbocycles. The largest absolute Gasteiger partial charge is 0.370 e.